The Bertz CT molecular complexity index is 862. The molecule has 1 aliphatic heterocycles. The molecule has 0 saturated carbocycles. The van der Waals surface area contributed by atoms with Crippen molar-refractivity contribution in [3.05, 3.63) is 63.1 Å². The maximum Gasteiger partial charge on any atom is 0.263 e. The van der Waals surface area contributed by atoms with Gasteiger partial charge in [0.25, 0.3) is 5.91 Å². The number of carbonyl (C=O) groups excluding carboxylic acids is 2. The Hall–Kier alpha value is -1.98. The highest BCUT2D eigenvalue weighted by atomic mass is 79.9. The summed E-state index contributed by atoms with van der Waals surface area (Å²) in [5, 5.41) is 11.1. The van der Waals surface area contributed by atoms with Crippen molar-refractivity contribution in [2.75, 3.05) is 11.9 Å². The SMILES string of the molecule is Cc1ccc(C)c(C(=O)C[C@@]2(O)C(=O)N(C)c3ccc(Br)cc32)c1. The van der Waals surface area contributed by atoms with E-state index < -0.39 is 11.5 Å². The monoisotopic (exact) mass is 387 g/mol. The van der Waals surface area contributed by atoms with Crippen molar-refractivity contribution < 1.29 is 14.7 Å². The number of benzene rings is 2. The number of likely N-dealkylation sites (N-methyl/N-ethyl adjacent to an activating group) is 1. The number of aliphatic hydroxyl groups is 1. The highest BCUT2D eigenvalue weighted by molar-refractivity contribution is 9.10. The van der Waals surface area contributed by atoms with E-state index in [4.69, 9.17) is 0 Å². The lowest BCUT2D eigenvalue weighted by molar-refractivity contribution is -0.135. The number of halogens is 1. The Morgan fingerprint density at radius 1 is 1.21 bits per heavy atom. The molecule has 124 valence electrons. The van der Waals surface area contributed by atoms with E-state index in [1.165, 1.54) is 4.90 Å². The lowest BCUT2D eigenvalue weighted by atomic mass is 9.87. The van der Waals surface area contributed by atoms with Crippen LogP contribution in [0, 0.1) is 13.8 Å². The maximum absolute atomic E-state index is 12.8. The van der Waals surface area contributed by atoms with Crippen LogP contribution in [0.25, 0.3) is 0 Å². The van der Waals surface area contributed by atoms with Crippen molar-refractivity contribution in [3.8, 4) is 0 Å². The van der Waals surface area contributed by atoms with Gasteiger partial charge in [-0.25, -0.2) is 0 Å². The predicted molar refractivity (Wildman–Crippen MR) is 96.3 cm³/mol. The van der Waals surface area contributed by atoms with Crippen LogP contribution in [0.2, 0.25) is 0 Å². The Morgan fingerprint density at radius 3 is 2.62 bits per heavy atom. The first-order valence-corrected chi connectivity index (χ1v) is 8.44. The molecule has 0 unspecified atom stereocenters. The molecule has 0 fully saturated rings. The lowest BCUT2D eigenvalue weighted by Crippen LogP contribution is -2.40. The number of Topliss-reactive ketones (excluding diaryl/α,β-unsaturated/α-hetero) is 1. The third-order valence-corrected chi connectivity index (χ3v) is 5.03. The Labute approximate surface area is 149 Å². The lowest BCUT2D eigenvalue weighted by Gasteiger charge is -2.21. The molecule has 4 nitrogen and oxygen atoms in total. The quantitative estimate of drug-likeness (QED) is 0.819. The van der Waals surface area contributed by atoms with Crippen molar-refractivity contribution in [1.29, 1.82) is 0 Å². The summed E-state index contributed by atoms with van der Waals surface area (Å²) < 4.78 is 0.752. The number of nitrogens with zero attached hydrogens (tertiary/aromatic N) is 1. The van der Waals surface area contributed by atoms with Crippen LogP contribution < -0.4 is 4.90 Å². The van der Waals surface area contributed by atoms with Crippen LogP contribution in [0.5, 0.6) is 0 Å². The molecule has 24 heavy (non-hydrogen) atoms. The number of amides is 1. The Kier molecular flexibility index (Phi) is 4.10. The fourth-order valence-corrected chi connectivity index (χ4v) is 3.53. The summed E-state index contributed by atoms with van der Waals surface area (Å²) in [6, 6.07) is 10.9. The van der Waals surface area contributed by atoms with E-state index in [1.807, 2.05) is 26.0 Å². The van der Waals surface area contributed by atoms with E-state index in [-0.39, 0.29) is 12.2 Å². The van der Waals surface area contributed by atoms with Crippen LogP contribution in [0.4, 0.5) is 5.69 Å². The number of hydrogen-bond acceptors (Lipinski definition) is 3. The molecule has 0 saturated heterocycles. The van der Waals surface area contributed by atoms with Gasteiger partial charge in [0.2, 0.25) is 0 Å². The fraction of sp³-hybridized carbons (Fsp3) is 0.263. The van der Waals surface area contributed by atoms with Crippen molar-refractivity contribution >= 4 is 33.3 Å². The average Bonchev–Trinajstić information content (AvgIpc) is 2.71. The van der Waals surface area contributed by atoms with Gasteiger partial charge in [0, 0.05) is 22.6 Å². The van der Waals surface area contributed by atoms with Crippen LogP contribution in [-0.4, -0.2) is 23.8 Å². The summed E-state index contributed by atoms with van der Waals surface area (Å²) in [6.07, 6.45) is -0.274. The summed E-state index contributed by atoms with van der Waals surface area (Å²) in [7, 11) is 1.61. The first kappa shape index (κ1) is 16.9. The van der Waals surface area contributed by atoms with Gasteiger partial charge >= 0.3 is 0 Å². The van der Waals surface area contributed by atoms with E-state index >= 15 is 0 Å². The summed E-state index contributed by atoms with van der Waals surface area (Å²) in [5.74, 6) is -0.720. The minimum atomic E-state index is -1.83. The Balaban J connectivity index is 2.03. The number of rotatable bonds is 3. The number of anilines is 1. The Morgan fingerprint density at radius 2 is 1.92 bits per heavy atom. The summed E-state index contributed by atoms with van der Waals surface area (Å²) in [6.45, 7) is 3.76. The van der Waals surface area contributed by atoms with E-state index in [1.54, 1.807) is 31.3 Å². The first-order valence-electron chi connectivity index (χ1n) is 7.65. The van der Waals surface area contributed by atoms with Crippen LogP contribution in [0.15, 0.2) is 40.9 Å². The van der Waals surface area contributed by atoms with E-state index in [0.29, 0.717) is 16.8 Å². The van der Waals surface area contributed by atoms with Crippen molar-refractivity contribution in [2.45, 2.75) is 25.9 Å². The standard InChI is InChI=1S/C19H18BrNO3/c1-11-4-5-12(2)14(8-11)17(22)10-19(24)15-9-13(20)6-7-16(15)21(3)18(19)23/h4-9,24H,10H2,1-3H3/t19-/m0/s1. The number of hydrogen-bond donors (Lipinski definition) is 1. The second-order valence-electron chi connectivity index (χ2n) is 6.30. The van der Waals surface area contributed by atoms with Gasteiger partial charge in [-0.05, 0) is 43.7 Å². The number of ketones is 1. The average molecular weight is 388 g/mol. The predicted octanol–water partition coefficient (Wildman–Crippen LogP) is 3.50. The normalized spacial score (nSPS) is 19.5. The highest BCUT2D eigenvalue weighted by Gasteiger charge is 2.49. The zero-order chi connectivity index (χ0) is 17.6. The van der Waals surface area contributed by atoms with Gasteiger partial charge in [0.05, 0.1) is 12.1 Å². The zero-order valence-electron chi connectivity index (χ0n) is 13.8. The van der Waals surface area contributed by atoms with Gasteiger partial charge in [-0.3, -0.25) is 9.59 Å². The van der Waals surface area contributed by atoms with Crippen LogP contribution >= 0.6 is 15.9 Å². The molecule has 1 atom stereocenters. The topological polar surface area (TPSA) is 57.6 Å². The first-order chi connectivity index (χ1) is 11.2. The fourth-order valence-electron chi connectivity index (χ4n) is 3.17. The van der Waals surface area contributed by atoms with Crippen LogP contribution in [-0.2, 0) is 10.4 Å². The molecule has 0 radical (unpaired) electrons. The van der Waals surface area contributed by atoms with E-state index in [0.717, 1.165) is 15.6 Å². The molecule has 0 aromatic heterocycles. The largest absolute Gasteiger partial charge is 0.375 e. The number of carbonyl (C=O) groups is 2. The zero-order valence-corrected chi connectivity index (χ0v) is 15.3. The molecule has 1 amide bonds. The minimum Gasteiger partial charge on any atom is -0.375 e. The molecule has 0 bridgehead atoms. The van der Waals surface area contributed by atoms with Gasteiger partial charge in [0.15, 0.2) is 11.4 Å². The second-order valence-corrected chi connectivity index (χ2v) is 7.22. The van der Waals surface area contributed by atoms with E-state index in [2.05, 4.69) is 15.9 Å². The molecule has 2 aromatic carbocycles. The van der Waals surface area contributed by atoms with Crippen molar-refractivity contribution in [2.24, 2.45) is 0 Å². The molecular weight excluding hydrogens is 370 g/mol. The third kappa shape index (κ3) is 2.58. The van der Waals surface area contributed by atoms with Crippen LogP contribution in [0.3, 0.4) is 0 Å². The van der Waals surface area contributed by atoms with Gasteiger partial charge in [-0.1, -0.05) is 33.6 Å². The van der Waals surface area contributed by atoms with E-state index in [9.17, 15) is 14.7 Å². The molecule has 1 heterocycles. The molecule has 2 aromatic rings. The summed E-state index contributed by atoms with van der Waals surface area (Å²) in [5.41, 5.74) is 1.60. The van der Waals surface area contributed by atoms with Gasteiger partial charge in [-0.15, -0.1) is 0 Å². The smallest absolute Gasteiger partial charge is 0.263 e. The molecule has 5 heteroatoms. The van der Waals surface area contributed by atoms with Crippen molar-refractivity contribution in [3.63, 3.8) is 0 Å². The summed E-state index contributed by atoms with van der Waals surface area (Å²) in [4.78, 5) is 26.8. The van der Waals surface area contributed by atoms with Crippen molar-refractivity contribution in [1.82, 2.24) is 0 Å². The molecule has 3 rings (SSSR count). The third-order valence-electron chi connectivity index (χ3n) is 4.53. The van der Waals surface area contributed by atoms with Gasteiger partial charge < -0.3 is 10.0 Å². The molecular formula is C19H18BrNO3. The molecule has 1 N–H and O–H groups in total. The van der Waals surface area contributed by atoms with Gasteiger partial charge in [0.1, 0.15) is 0 Å². The highest BCUT2D eigenvalue weighted by Crippen LogP contribution is 2.43. The maximum atomic E-state index is 12.8. The molecule has 0 aliphatic carbocycles. The molecule has 1 aliphatic rings. The minimum absolute atomic E-state index is 0.242. The summed E-state index contributed by atoms with van der Waals surface area (Å²) >= 11 is 3.36. The molecule has 0 spiro atoms. The number of aryl methyl sites for hydroxylation is 2. The number of fused-ring (bicyclic) bond motifs is 1. The van der Waals surface area contributed by atoms with Crippen LogP contribution in [0.1, 0.15) is 33.5 Å². The van der Waals surface area contributed by atoms with Gasteiger partial charge in [-0.2, -0.15) is 0 Å². The second kappa shape index (κ2) is 5.83.